The molecule has 4 saturated carbocycles. The molecule has 0 heterocycles. The first-order chi connectivity index (χ1) is 10.1. The van der Waals surface area contributed by atoms with E-state index in [0.29, 0.717) is 11.5 Å². The van der Waals surface area contributed by atoms with Crippen molar-refractivity contribution in [2.75, 3.05) is 5.75 Å². The van der Waals surface area contributed by atoms with Gasteiger partial charge >= 0.3 is 0 Å². The highest BCUT2D eigenvalue weighted by molar-refractivity contribution is 8.00. The van der Waals surface area contributed by atoms with Crippen LogP contribution >= 0.6 is 11.8 Å². The quantitative estimate of drug-likeness (QED) is 0.750. The average molecular weight is 304 g/mol. The maximum Gasteiger partial charge on any atom is 0.149 e. The summed E-state index contributed by atoms with van der Waals surface area (Å²) in [4.78, 5) is 13.8. The first-order valence-corrected chi connectivity index (χ1v) is 9.03. The lowest BCUT2D eigenvalue weighted by molar-refractivity contribution is -0.141. The Morgan fingerprint density at radius 3 is 2.10 bits per heavy atom. The molecule has 1 nitrogen and oxygen atoms in total. The molecule has 0 radical (unpaired) electrons. The van der Waals surface area contributed by atoms with Crippen LogP contribution in [0.1, 0.15) is 38.5 Å². The minimum absolute atomic E-state index is 0.00177. The number of carbonyl (C=O) groups excluding carboxylic acids is 1. The molecule has 0 N–H and O–H groups in total. The van der Waals surface area contributed by atoms with Gasteiger partial charge in [-0.15, -0.1) is 11.8 Å². The lowest BCUT2D eigenvalue weighted by Gasteiger charge is -2.56. The van der Waals surface area contributed by atoms with E-state index in [1.807, 2.05) is 0 Å². The van der Waals surface area contributed by atoms with E-state index in [1.165, 1.54) is 31.4 Å². The Hall–Kier alpha value is -0.830. The molecular formula is C18H21FOS. The summed E-state index contributed by atoms with van der Waals surface area (Å²) in [7, 11) is 0. The number of Topliss-reactive ketones (excluding diaryl/α,β-unsaturated/α-hetero) is 1. The third-order valence-corrected chi connectivity index (χ3v) is 6.83. The summed E-state index contributed by atoms with van der Waals surface area (Å²) in [6.07, 6.45) is 7.54. The first kappa shape index (κ1) is 13.8. The minimum Gasteiger partial charge on any atom is -0.298 e. The van der Waals surface area contributed by atoms with Gasteiger partial charge < -0.3 is 0 Å². The molecule has 0 atom stereocenters. The Kier molecular flexibility index (Phi) is 3.36. The van der Waals surface area contributed by atoms with Crippen LogP contribution < -0.4 is 0 Å². The molecule has 0 amide bonds. The van der Waals surface area contributed by atoms with Crippen LogP contribution in [-0.4, -0.2) is 11.5 Å². The monoisotopic (exact) mass is 304 g/mol. The van der Waals surface area contributed by atoms with Gasteiger partial charge in [0.05, 0.1) is 5.75 Å². The Morgan fingerprint density at radius 1 is 1.05 bits per heavy atom. The molecule has 112 valence electrons. The molecule has 4 aliphatic carbocycles. The number of carbonyl (C=O) groups is 1. The molecule has 0 spiro atoms. The summed E-state index contributed by atoms with van der Waals surface area (Å²) in [5.41, 5.74) is 0.00177. The SMILES string of the molecule is O=C(CSc1ccc(F)cc1)C12CC3CC(CC(C3)C1)C2. The number of hydrogen-bond donors (Lipinski definition) is 0. The maximum atomic E-state index is 12.9. The van der Waals surface area contributed by atoms with Gasteiger partial charge in [0.2, 0.25) is 0 Å². The van der Waals surface area contributed by atoms with Crippen LogP contribution in [0.4, 0.5) is 4.39 Å². The van der Waals surface area contributed by atoms with Crippen molar-refractivity contribution < 1.29 is 9.18 Å². The van der Waals surface area contributed by atoms with Crippen LogP contribution in [0.15, 0.2) is 29.2 Å². The molecule has 0 aliphatic heterocycles. The van der Waals surface area contributed by atoms with Crippen LogP contribution in [-0.2, 0) is 4.79 Å². The minimum atomic E-state index is -0.216. The van der Waals surface area contributed by atoms with Crippen molar-refractivity contribution >= 4 is 17.5 Å². The lowest BCUT2D eigenvalue weighted by Crippen LogP contribution is -2.50. The Bertz CT molecular complexity index is 516. The van der Waals surface area contributed by atoms with Crippen LogP contribution in [0.2, 0.25) is 0 Å². The normalized spacial score (nSPS) is 36.9. The van der Waals surface area contributed by atoms with Crippen LogP contribution in [0.3, 0.4) is 0 Å². The van der Waals surface area contributed by atoms with Crippen molar-refractivity contribution in [2.45, 2.75) is 43.4 Å². The third-order valence-electron chi connectivity index (χ3n) is 5.81. The molecule has 4 aliphatic rings. The number of benzene rings is 1. The van der Waals surface area contributed by atoms with Crippen molar-refractivity contribution in [3.63, 3.8) is 0 Å². The van der Waals surface area contributed by atoms with E-state index in [9.17, 15) is 9.18 Å². The van der Waals surface area contributed by atoms with Crippen molar-refractivity contribution in [1.82, 2.24) is 0 Å². The summed E-state index contributed by atoms with van der Waals surface area (Å²) >= 11 is 1.57. The van der Waals surface area contributed by atoms with E-state index in [4.69, 9.17) is 0 Å². The highest BCUT2D eigenvalue weighted by Gasteiger charge is 2.53. The molecule has 0 saturated heterocycles. The van der Waals surface area contributed by atoms with Crippen LogP contribution in [0, 0.1) is 29.0 Å². The van der Waals surface area contributed by atoms with Crippen LogP contribution in [0.25, 0.3) is 0 Å². The maximum absolute atomic E-state index is 12.9. The number of rotatable bonds is 4. The smallest absolute Gasteiger partial charge is 0.149 e. The zero-order chi connectivity index (χ0) is 14.4. The molecule has 0 aromatic heterocycles. The first-order valence-electron chi connectivity index (χ1n) is 8.05. The fraction of sp³-hybridized carbons (Fsp3) is 0.611. The highest BCUT2D eigenvalue weighted by atomic mass is 32.2. The second-order valence-electron chi connectivity index (χ2n) is 7.36. The second kappa shape index (κ2) is 5.12. The zero-order valence-electron chi connectivity index (χ0n) is 12.2. The summed E-state index contributed by atoms with van der Waals surface area (Å²) in [5.74, 6) is 3.24. The van der Waals surface area contributed by atoms with Gasteiger partial charge in [-0.1, -0.05) is 0 Å². The number of thioether (sulfide) groups is 1. The van der Waals surface area contributed by atoms with Gasteiger partial charge in [0.15, 0.2) is 0 Å². The third kappa shape index (κ3) is 2.54. The van der Waals surface area contributed by atoms with Crippen molar-refractivity contribution in [3.05, 3.63) is 30.1 Å². The van der Waals surface area contributed by atoms with Crippen molar-refractivity contribution in [1.29, 1.82) is 0 Å². The van der Waals surface area contributed by atoms with Crippen molar-refractivity contribution in [3.8, 4) is 0 Å². The van der Waals surface area contributed by atoms with Gasteiger partial charge in [0.1, 0.15) is 11.6 Å². The Morgan fingerprint density at radius 2 is 1.57 bits per heavy atom. The predicted octanol–water partition coefficient (Wildman–Crippen LogP) is 4.70. The van der Waals surface area contributed by atoms with Gasteiger partial charge in [-0.2, -0.15) is 0 Å². The average Bonchev–Trinajstić information content (AvgIpc) is 2.45. The molecule has 4 bridgehead atoms. The Labute approximate surface area is 129 Å². The summed E-state index contributed by atoms with van der Waals surface area (Å²) in [6.45, 7) is 0. The van der Waals surface area contributed by atoms with E-state index < -0.39 is 0 Å². The highest BCUT2D eigenvalue weighted by Crippen LogP contribution is 2.60. The van der Waals surface area contributed by atoms with Gasteiger partial charge in [0, 0.05) is 10.3 Å². The van der Waals surface area contributed by atoms with E-state index in [2.05, 4.69) is 0 Å². The molecule has 4 fully saturated rings. The van der Waals surface area contributed by atoms with E-state index in [-0.39, 0.29) is 11.2 Å². The lowest BCUT2D eigenvalue weighted by atomic mass is 9.48. The van der Waals surface area contributed by atoms with E-state index in [1.54, 1.807) is 23.9 Å². The summed E-state index contributed by atoms with van der Waals surface area (Å²) in [6, 6.07) is 6.48. The molecule has 3 heteroatoms. The largest absolute Gasteiger partial charge is 0.298 e. The molecule has 1 aromatic carbocycles. The fourth-order valence-corrected chi connectivity index (χ4v) is 6.22. The van der Waals surface area contributed by atoms with Gasteiger partial charge in [-0.3, -0.25) is 4.79 Å². The molecular weight excluding hydrogens is 283 g/mol. The number of hydrogen-bond acceptors (Lipinski definition) is 2. The molecule has 1 aromatic rings. The molecule has 5 rings (SSSR count). The summed E-state index contributed by atoms with van der Waals surface area (Å²) < 4.78 is 12.9. The van der Waals surface area contributed by atoms with E-state index >= 15 is 0 Å². The summed E-state index contributed by atoms with van der Waals surface area (Å²) in [5, 5.41) is 0. The van der Waals surface area contributed by atoms with Gasteiger partial charge in [0.25, 0.3) is 0 Å². The van der Waals surface area contributed by atoms with Crippen molar-refractivity contribution in [2.24, 2.45) is 23.2 Å². The molecule has 0 unspecified atom stereocenters. The van der Waals surface area contributed by atoms with Gasteiger partial charge in [-0.05, 0) is 80.5 Å². The predicted molar refractivity (Wildman–Crippen MR) is 82.7 cm³/mol. The molecule has 21 heavy (non-hydrogen) atoms. The van der Waals surface area contributed by atoms with E-state index in [0.717, 1.165) is 41.9 Å². The number of ketones is 1. The topological polar surface area (TPSA) is 17.1 Å². The standard InChI is InChI=1S/C18H21FOS/c19-15-1-3-16(4-2-15)21-11-17(20)18-8-12-5-13(9-18)7-14(6-12)10-18/h1-4,12-14H,5-11H2. The second-order valence-corrected chi connectivity index (χ2v) is 8.41. The van der Waals surface area contributed by atoms with Crippen LogP contribution in [0.5, 0.6) is 0 Å². The Balaban J connectivity index is 1.44. The fourth-order valence-electron chi connectivity index (χ4n) is 5.28. The van der Waals surface area contributed by atoms with Gasteiger partial charge in [-0.25, -0.2) is 4.39 Å². The zero-order valence-corrected chi connectivity index (χ0v) is 13.0. The number of halogens is 1.